The molecule has 4 heteroatoms. The van der Waals surface area contributed by atoms with Crippen molar-refractivity contribution in [3.05, 3.63) is 35.0 Å². The largest absolute Gasteiger partial charge is 0.456 e. The molecule has 0 aliphatic rings. The van der Waals surface area contributed by atoms with Crippen molar-refractivity contribution in [1.82, 2.24) is 5.32 Å². The third-order valence-electron chi connectivity index (χ3n) is 3.37. The monoisotopic (exact) mass is 295 g/mol. The molecule has 2 aromatic rings. The highest BCUT2D eigenvalue weighted by atomic mass is 35.5. The van der Waals surface area contributed by atoms with E-state index in [-0.39, 0.29) is 0 Å². The summed E-state index contributed by atoms with van der Waals surface area (Å²) in [5.74, 6) is 1.16. The van der Waals surface area contributed by atoms with Crippen LogP contribution in [-0.2, 0) is 5.60 Å². The highest BCUT2D eigenvalue weighted by Crippen LogP contribution is 2.33. The van der Waals surface area contributed by atoms with Crippen LogP contribution in [0.4, 0.5) is 0 Å². The topological polar surface area (TPSA) is 45.4 Å². The standard InChI is InChI=1S/C16H22ClNO2/c1-11(2)10-18-8-7-16(3,19)14-9-12-5-4-6-13(17)15(12)20-14/h4-6,9,11,18-19H,7-8,10H2,1-3H3. The molecule has 0 fully saturated rings. The second kappa shape index (κ2) is 6.17. The van der Waals surface area contributed by atoms with Crippen LogP contribution in [0.15, 0.2) is 28.7 Å². The lowest BCUT2D eigenvalue weighted by molar-refractivity contribution is 0.0270. The van der Waals surface area contributed by atoms with Crippen LogP contribution in [0.25, 0.3) is 11.0 Å². The van der Waals surface area contributed by atoms with Gasteiger partial charge in [0.15, 0.2) is 5.58 Å². The number of benzene rings is 1. The fourth-order valence-corrected chi connectivity index (χ4v) is 2.36. The Morgan fingerprint density at radius 1 is 1.40 bits per heavy atom. The summed E-state index contributed by atoms with van der Waals surface area (Å²) in [6.45, 7) is 7.78. The van der Waals surface area contributed by atoms with Crippen LogP contribution in [0.5, 0.6) is 0 Å². The molecule has 2 N–H and O–H groups in total. The van der Waals surface area contributed by atoms with E-state index >= 15 is 0 Å². The van der Waals surface area contributed by atoms with Gasteiger partial charge >= 0.3 is 0 Å². The van der Waals surface area contributed by atoms with Gasteiger partial charge in [-0.1, -0.05) is 37.6 Å². The van der Waals surface area contributed by atoms with Crippen LogP contribution in [0.1, 0.15) is 33.0 Å². The number of fused-ring (bicyclic) bond motifs is 1. The van der Waals surface area contributed by atoms with Crippen LogP contribution in [0.3, 0.4) is 0 Å². The van der Waals surface area contributed by atoms with Crippen LogP contribution in [-0.4, -0.2) is 18.2 Å². The highest BCUT2D eigenvalue weighted by molar-refractivity contribution is 6.34. The normalized spacial score (nSPS) is 14.9. The van der Waals surface area contributed by atoms with Gasteiger partial charge in [-0.2, -0.15) is 0 Å². The Balaban J connectivity index is 2.09. The molecule has 0 aliphatic carbocycles. The molecule has 1 aromatic carbocycles. The number of para-hydroxylation sites is 1. The number of furan rings is 1. The molecule has 1 aromatic heterocycles. The second-order valence-electron chi connectivity index (χ2n) is 5.89. The summed E-state index contributed by atoms with van der Waals surface area (Å²) in [6.07, 6.45) is 0.594. The lowest BCUT2D eigenvalue weighted by atomic mass is 9.99. The molecular formula is C16H22ClNO2. The van der Waals surface area contributed by atoms with Gasteiger partial charge in [-0.3, -0.25) is 0 Å². The molecule has 0 bridgehead atoms. The predicted molar refractivity (Wildman–Crippen MR) is 83.1 cm³/mol. The van der Waals surface area contributed by atoms with Crippen molar-refractivity contribution in [3.8, 4) is 0 Å². The fourth-order valence-electron chi connectivity index (χ4n) is 2.14. The first kappa shape index (κ1) is 15.4. The van der Waals surface area contributed by atoms with Crippen molar-refractivity contribution < 1.29 is 9.52 Å². The number of aliphatic hydroxyl groups is 1. The fraction of sp³-hybridized carbons (Fsp3) is 0.500. The lowest BCUT2D eigenvalue weighted by Gasteiger charge is -2.21. The average molecular weight is 296 g/mol. The Kier molecular flexibility index (Phi) is 4.74. The number of hydrogen-bond donors (Lipinski definition) is 2. The maximum absolute atomic E-state index is 10.6. The minimum Gasteiger partial charge on any atom is -0.456 e. The van der Waals surface area contributed by atoms with Crippen LogP contribution < -0.4 is 5.32 Å². The van der Waals surface area contributed by atoms with E-state index in [2.05, 4.69) is 19.2 Å². The van der Waals surface area contributed by atoms with E-state index in [9.17, 15) is 5.11 Å². The lowest BCUT2D eigenvalue weighted by Crippen LogP contribution is -2.29. The first-order valence-corrected chi connectivity index (χ1v) is 7.39. The van der Waals surface area contributed by atoms with E-state index in [1.807, 2.05) is 18.2 Å². The molecule has 0 radical (unpaired) electrons. The molecule has 2 rings (SSSR count). The summed E-state index contributed by atoms with van der Waals surface area (Å²) in [4.78, 5) is 0. The zero-order valence-electron chi connectivity index (χ0n) is 12.2. The molecule has 0 amide bonds. The van der Waals surface area contributed by atoms with Gasteiger partial charge in [-0.05, 0) is 44.5 Å². The van der Waals surface area contributed by atoms with Crippen LogP contribution >= 0.6 is 11.6 Å². The molecular weight excluding hydrogens is 274 g/mol. The smallest absolute Gasteiger partial charge is 0.153 e. The summed E-state index contributed by atoms with van der Waals surface area (Å²) < 4.78 is 5.73. The number of rotatable bonds is 6. The van der Waals surface area contributed by atoms with Crippen molar-refractivity contribution in [1.29, 1.82) is 0 Å². The molecule has 1 atom stereocenters. The first-order valence-electron chi connectivity index (χ1n) is 7.02. The Morgan fingerprint density at radius 3 is 2.80 bits per heavy atom. The van der Waals surface area contributed by atoms with E-state index in [0.717, 1.165) is 18.5 Å². The molecule has 3 nitrogen and oxygen atoms in total. The molecule has 1 heterocycles. The van der Waals surface area contributed by atoms with Gasteiger partial charge in [0.1, 0.15) is 11.4 Å². The minimum absolute atomic E-state index is 0.562. The van der Waals surface area contributed by atoms with Gasteiger partial charge in [-0.25, -0.2) is 0 Å². The molecule has 1 unspecified atom stereocenters. The second-order valence-corrected chi connectivity index (χ2v) is 6.30. The van der Waals surface area contributed by atoms with E-state index in [4.69, 9.17) is 16.0 Å². The average Bonchev–Trinajstić information content (AvgIpc) is 2.81. The quantitative estimate of drug-likeness (QED) is 0.794. The minimum atomic E-state index is -0.994. The van der Waals surface area contributed by atoms with E-state index < -0.39 is 5.60 Å². The summed E-state index contributed by atoms with van der Waals surface area (Å²) >= 11 is 6.09. The molecule has 0 saturated carbocycles. The third-order valence-corrected chi connectivity index (χ3v) is 3.67. The molecule has 0 spiro atoms. The van der Waals surface area contributed by atoms with E-state index in [1.165, 1.54) is 0 Å². The predicted octanol–water partition coefficient (Wildman–Crippen LogP) is 3.93. The summed E-state index contributed by atoms with van der Waals surface area (Å²) in [5.41, 5.74) is -0.355. The number of nitrogens with one attached hydrogen (secondary N) is 1. The Labute approximate surface area is 124 Å². The maximum atomic E-state index is 10.6. The highest BCUT2D eigenvalue weighted by Gasteiger charge is 2.27. The maximum Gasteiger partial charge on any atom is 0.153 e. The zero-order chi connectivity index (χ0) is 14.8. The van der Waals surface area contributed by atoms with Crippen molar-refractivity contribution in [2.75, 3.05) is 13.1 Å². The van der Waals surface area contributed by atoms with Crippen molar-refractivity contribution in [3.63, 3.8) is 0 Å². The van der Waals surface area contributed by atoms with Crippen LogP contribution in [0.2, 0.25) is 5.02 Å². The molecule has 0 aliphatic heterocycles. The molecule has 110 valence electrons. The van der Waals surface area contributed by atoms with Crippen molar-refractivity contribution in [2.24, 2.45) is 5.92 Å². The van der Waals surface area contributed by atoms with Crippen molar-refractivity contribution >= 4 is 22.6 Å². The third kappa shape index (κ3) is 3.54. The van der Waals surface area contributed by atoms with Gasteiger partial charge in [-0.15, -0.1) is 0 Å². The van der Waals surface area contributed by atoms with Gasteiger partial charge in [0.2, 0.25) is 0 Å². The molecule has 20 heavy (non-hydrogen) atoms. The van der Waals surface area contributed by atoms with Gasteiger partial charge in [0, 0.05) is 5.39 Å². The van der Waals surface area contributed by atoms with Gasteiger partial charge in [0.05, 0.1) is 5.02 Å². The summed E-state index contributed by atoms with van der Waals surface area (Å²) in [6, 6.07) is 7.46. The number of hydrogen-bond acceptors (Lipinski definition) is 3. The molecule has 0 saturated heterocycles. The summed E-state index contributed by atoms with van der Waals surface area (Å²) in [5, 5.41) is 15.4. The van der Waals surface area contributed by atoms with E-state index in [0.29, 0.717) is 28.7 Å². The Morgan fingerprint density at radius 2 is 2.15 bits per heavy atom. The van der Waals surface area contributed by atoms with Crippen LogP contribution in [0, 0.1) is 5.92 Å². The number of halogens is 1. The van der Waals surface area contributed by atoms with E-state index in [1.54, 1.807) is 13.0 Å². The SMILES string of the molecule is CC(C)CNCCC(C)(O)c1cc2cccc(Cl)c2o1. The Hall–Kier alpha value is -1.03. The van der Waals surface area contributed by atoms with Gasteiger partial charge in [0.25, 0.3) is 0 Å². The first-order chi connectivity index (χ1) is 9.40. The zero-order valence-corrected chi connectivity index (χ0v) is 13.0. The summed E-state index contributed by atoms with van der Waals surface area (Å²) in [7, 11) is 0. The Bertz CT molecular complexity index is 575. The van der Waals surface area contributed by atoms with Gasteiger partial charge < -0.3 is 14.8 Å². The van der Waals surface area contributed by atoms with Crippen molar-refractivity contribution in [2.45, 2.75) is 32.8 Å².